The maximum atomic E-state index is 9.95. The molecule has 1 aromatic carbocycles. The van der Waals surface area contributed by atoms with E-state index in [2.05, 4.69) is 32.2 Å². The lowest BCUT2D eigenvalue weighted by Gasteiger charge is -2.17. The zero-order valence-electron chi connectivity index (χ0n) is 9.03. The summed E-state index contributed by atoms with van der Waals surface area (Å²) in [4.78, 5) is 1.24. The normalized spacial score (nSPS) is 15.1. The largest absolute Gasteiger partial charge is 0.388 e. The Labute approximate surface area is 90.5 Å². The summed E-state index contributed by atoms with van der Waals surface area (Å²) in [5.74, 6) is 0.329. The monoisotopic (exact) mass is 210 g/mol. The van der Waals surface area contributed by atoms with E-state index in [1.165, 1.54) is 4.90 Å². The van der Waals surface area contributed by atoms with Crippen molar-refractivity contribution in [2.45, 2.75) is 31.3 Å². The summed E-state index contributed by atoms with van der Waals surface area (Å²) in [7, 11) is 0. The molecular weight excluding hydrogens is 192 g/mol. The van der Waals surface area contributed by atoms with Crippen molar-refractivity contribution >= 4 is 11.8 Å². The van der Waals surface area contributed by atoms with Crippen LogP contribution >= 0.6 is 11.8 Å². The first kappa shape index (κ1) is 11.6. The molecule has 0 amide bonds. The van der Waals surface area contributed by atoms with Gasteiger partial charge < -0.3 is 5.11 Å². The number of hydrogen-bond donors (Lipinski definition) is 1. The molecule has 1 aromatic rings. The molecule has 2 heteroatoms. The Kier molecular flexibility index (Phi) is 4.49. The van der Waals surface area contributed by atoms with E-state index < -0.39 is 0 Å². The van der Waals surface area contributed by atoms with Crippen molar-refractivity contribution < 1.29 is 5.11 Å². The van der Waals surface area contributed by atoms with E-state index in [1.807, 2.05) is 12.1 Å². The number of aliphatic hydroxyl groups is 1. The molecule has 2 atom stereocenters. The van der Waals surface area contributed by atoms with Gasteiger partial charge in [0.25, 0.3) is 0 Å². The third kappa shape index (κ3) is 2.76. The number of rotatable bonds is 4. The Bertz CT molecular complexity index is 268. The lowest BCUT2D eigenvalue weighted by atomic mass is 9.95. The van der Waals surface area contributed by atoms with Gasteiger partial charge in [-0.2, -0.15) is 0 Å². The molecule has 0 aliphatic heterocycles. The van der Waals surface area contributed by atoms with Crippen molar-refractivity contribution in [2.75, 3.05) is 6.26 Å². The fraction of sp³-hybridized carbons (Fsp3) is 0.500. The fourth-order valence-electron chi connectivity index (χ4n) is 1.35. The molecule has 0 aromatic heterocycles. The molecule has 1 rings (SSSR count). The molecule has 0 spiro atoms. The van der Waals surface area contributed by atoms with Crippen molar-refractivity contribution in [3.05, 3.63) is 29.8 Å². The number of benzene rings is 1. The van der Waals surface area contributed by atoms with E-state index in [1.54, 1.807) is 11.8 Å². The van der Waals surface area contributed by atoms with Crippen LogP contribution in [0.25, 0.3) is 0 Å². The van der Waals surface area contributed by atoms with Crippen LogP contribution in [-0.2, 0) is 0 Å². The van der Waals surface area contributed by atoms with Gasteiger partial charge in [0.15, 0.2) is 0 Å². The van der Waals surface area contributed by atoms with Crippen molar-refractivity contribution in [1.82, 2.24) is 0 Å². The smallest absolute Gasteiger partial charge is 0.0815 e. The Balaban J connectivity index is 2.75. The summed E-state index contributed by atoms with van der Waals surface area (Å²) in [6.07, 6.45) is 2.74. The van der Waals surface area contributed by atoms with E-state index in [4.69, 9.17) is 0 Å². The molecule has 78 valence electrons. The first-order chi connectivity index (χ1) is 6.69. The highest BCUT2D eigenvalue weighted by molar-refractivity contribution is 7.98. The highest BCUT2D eigenvalue weighted by atomic mass is 32.2. The van der Waals surface area contributed by atoms with Gasteiger partial charge in [-0.25, -0.2) is 0 Å². The minimum atomic E-state index is -0.323. The molecule has 0 fully saturated rings. The molecule has 2 unspecified atom stereocenters. The van der Waals surface area contributed by atoms with Gasteiger partial charge in [0, 0.05) is 4.90 Å². The molecule has 0 saturated carbocycles. The zero-order chi connectivity index (χ0) is 10.6. The average Bonchev–Trinajstić information content (AvgIpc) is 2.27. The van der Waals surface area contributed by atoms with Crippen LogP contribution in [-0.4, -0.2) is 11.4 Å². The first-order valence-corrected chi connectivity index (χ1v) is 6.23. The van der Waals surface area contributed by atoms with Crippen LogP contribution in [0.1, 0.15) is 31.9 Å². The molecule has 0 aliphatic rings. The summed E-state index contributed by atoms with van der Waals surface area (Å²) < 4.78 is 0. The van der Waals surface area contributed by atoms with Crippen LogP contribution in [0.4, 0.5) is 0 Å². The fourth-order valence-corrected chi connectivity index (χ4v) is 1.76. The molecule has 1 nitrogen and oxygen atoms in total. The van der Waals surface area contributed by atoms with Crippen molar-refractivity contribution in [2.24, 2.45) is 5.92 Å². The van der Waals surface area contributed by atoms with Crippen LogP contribution in [0.3, 0.4) is 0 Å². The molecule has 0 radical (unpaired) electrons. The Hall–Kier alpha value is -0.470. The topological polar surface area (TPSA) is 20.2 Å². The summed E-state index contributed by atoms with van der Waals surface area (Å²) >= 11 is 1.72. The number of aliphatic hydroxyl groups excluding tert-OH is 1. The second kappa shape index (κ2) is 5.42. The molecule has 0 bridgehead atoms. The van der Waals surface area contributed by atoms with E-state index in [-0.39, 0.29) is 6.10 Å². The summed E-state index contributed by atoms with van der Waals surface area (Å²) in [6.45, 7) is 4.18. The van der Waals surface area contributed by atoms with Gasteiger partial charge in [-0.15, -0.1) is 11.8 Å². The second-order valence-electron chi connectivity index (χ2n) is 3.60. The van der Waals surface area contributed by atoms with Gasteiger partial charge in [-0.1, -0.05) is 32.4 Å². The molecule has 14 heavy (non-hydrogen) atoms. The highest BCUT2D eigenvalue weighted by Crippen LogP contribution is 2.25. The standard InChI is InChI=1S/C12H18OS/c1-4-9(2)12(13)10-5-7-11(14-3)8-6-10/h5-9,12-13H,4H2,1-3H3. The number of thioether (sulfide) groups is 1. The number of hydrogen-bond acceptors (Lipinski definition) is 2. The lowest BCUT2D eigenvalue weighted by molar-refractivity contribution is 0.115. The lowest BCUT2D eigenvalue weighted by Crippen LogP contribution is -2.07. The third-order valence-electron chi connectivity index (χ3n) is 2.64. The van der Waals surface area contributed by atoms with Gasteiger partial charge in [-0.05, 0) is 29.9 Å². The predicted molar refractivity (Wildman–Crippen MR) is 62.6 cm³/mol. The maximum Gasteiger partial charge on any atom is 0.0815 e. The molecule has 0 heterocycles. The minimum Gasteiger partial charge on any atom is -0.388 e. The van der Waals surface area contributed by atoms with Crippen LogP contribution in [0, 0.1) is 5.92 Å². The van der Waals surface area contributed by atoms with Crippen LogP contribution in [0.2, 0.25) is 0 Å². The first-order valence-electron chi connectivity index (χ1n) is 5.01. The maximum absolute atomic E-state index is 9.95. The van der Waals surface area contributed by atoms with Crippen LogP contribution in [0.5, 0.6) is 0 Å². The van der Waals surface area contributed by atoms with Crippen molar-refractivity contribution in [1.29, 1.82) is 0 Å². The third-order valence-corrected chi connectivity index (χ3v) is 3.38. The van der Waals surface area contributed by atoms with Gasteiger partial charge in [0.1, 0.15) is 0 Å². The Morgan fingerprint density at radius 1 is 1.29 bits per heavy atom. The summed E-state index contributed by atoms with van der Waals surface area (Å²) in [5, 5.41) is 9.95. The Morgan fingerprint density at radius 2 is 1.86 bits per heavy atom. The van der Waals surface area contributed by atoms with E-state index in [9.17, 15) is 5.11 Å². The zero-order valence-corrected chi connectivity index (χ0v) is 9.84. The highest BCUT2D eigenvalue weighted by Gasteiger charge is 2.13. The van der Waals surface area contributed by atoms with Crippen molar-refractivity contribution in [3.8, 4) is 0 Å². The molecule has 0 aliphatic carbocycles. The predicted octanol–water partition coefficient (Wildman–Crippen LogP) is 3.49. The van der Waals surface area contributed by atoms with Crippen LogP contribution in [0.15, 0.2) is 29.2 Å². The Morgan fingerprint density at radius 3 is 2.29 bits per heavy atom. The second-order valence-corrected chi connectivity index (χ2v) is 4.48. The average molecular weight is 210 g/mol. The molecule has 1 N–H and O–H groups in total. The van der Waals surface area contributed by atoms with Gasteiger partial charge in [0.2, 0.25) is 0 Å². The van der Waals surface area contributed by atoms with E-state index in [0.29, 0.717) is 5.92 Å². The summed E-state index contributed by atoms with van der Waals surface area (Å²) in [5.41, 5.74) is 1.03. The quantitative estimate of drug-likeness (QED) is 0.768. The molecule has 0 saturated heterocycles. The van der Waals surface area contributed by atoms with E-state index in [0.717, 1.165) is 12.0 Å². The SMILES string of the molecule is CCC(C)C(O)c1ccc(SC)cc1. The summed E-state index contributed by atoms with van der Waals surface area (Å²) in [6, 6.07) is 8.16. The minimum absolute atomic E-state index is 0.323. The molecular formula is C12H18OS. The van der Waals surface area contributed by atoms with Gasteiger partial charge in [0.05, 0.1) is 6.10 Å². The van der Waals surface area contributed by atoms with Gasteiger partial charge in [-0.3, -0.25) is 0 Å². The van der Waals surface area contributed by atoms with E-state index >= 15 is 0 Å². The van der Waals surface area contributed by atoms with Crippen LogP contribution < -0.4 is 0 Å². The van der Waals surface area contributed by atoms with Crippen molar-refractivity contribution in [3.63, 3.8) is 0 Å². The van der Waals surface area contributed by atoms with Gasteiger partial charge >= 0.3 is 0 Å².